The Kier molecular flexibility index (Phi) is 4.00. The minimum absolute atomic E-state index is 0.0322. The van der Waals surface area contributed by atoms with Crippen LogP contribution in [-0.4, -0.2) is 32.3 Å². The Balaban J connectivity index is 1.53. The van der Waals surface area contributed by atoms with Crippen LogP contribution in [0, 0.1) is 0 Å². The second-order valence-corrected chi connectivity index (χ2v) is 6.12. The van der Waals surface area contributed by atoms with E-state index in [1.807, 2.05) is 35.3 Å². The monoisotopic (exact) mass is 352 g/mol. The molecule has 1 amide bonds. The Morgan fingerprint density at radius 3 is 2.77 bits per heavy atom. The van der Waals surface area contributed by atoms with Crippen molar-refractivity contribution >= 4 is 5.91 Å². The molecule has 3 aromatic rings. The number of aromatic nitrogens is 3. The molecule has 0 spiro atoms. The number of benzene rings is 1. The zero-order chi connectivity index (χ0) is 18.1. The smallest absolute Gasteiger partial charge is 0.326 e. The fourth-order valence-corrected chi connectivity index (χ4v) is 3.03. The van der Waals surface area contributed by atoms with E-state index in [4.69, 9.17) is 4.42 Å². The van der Waals surface area contributed by atoms with Crippen molar-refractivity contribution in [1.29, 1.82) is 0 Å². The van der Waals surface area contributed by atoms with Crippen molar-refractivity contribution in [3.05, 3.63) is 85.8 Å². The predicted octanol–water partition coefficient (Wildman–Crippen LogP) is 0.840. The van der Waals surface area contributed by atoms with Gasteiger partial charge in [0.2, 0.25) is 0 Å². The van der Waals surface area contributed by atoms with E-state index < -0.39 is 17.2 Å². The van der Waals surface area contributed by atoms with Gasteiger partial charge in [-0.3, -0.25) is 14.6 Å². The minimum atomic E-state index is -0.704. The molecule has 3 heterocycles. The van der Waals surface area contributed by atoms with Gasteiger partial charge in [0.15, 0.2) is 5.89 Å². The molecule has 0 saturated heterocycles. The average Bonchev–Trinajstić information content (AvgIpc) is 3.02. The van der Waals surface area contributed by atoms with Gasteiger partial charge in [-0.2, -0.15) is 0 Å². The fourth-order valence-electron chi connectivity index (χ4n) is 3.03. The van der Waals surface area contributed by atoms with Crippen molar-refractivity contribution in [2.75, 3.05) is 6.54 Å². The first-order valence-corrected chi connectivity index (χ1v) is 8.23. The van der Waals surface area contributed by atoms with Crippen LogP contribution in [0.3, 0.4) is 0 Å². The molecule has 8 heteroatoms. The number of carbonyl (C=O) groups is 1. The molecule has 2 N–H and O–H groups in total. The maximum atomic E-state index is 12.6. The van der Waals surface area contributed by atoms with Crippen LogP contribution in [0.5, 0.6) is 0 Å². The molecule has 2 aromatic heterocycles. The third kappa shape index (κ3) is 3.21. The third-order valence-corrected chi connectivity index (χ3v) is 4.25. The van der Waals surface area contributed by atoms with Crippen LogP contribution in [-0.2, 0) is 19.4 Å². The van der Waals surface area contributed by atoms with Crippen molar-refractivity contribution in [3.63, 3.8) is 0 Å². The van der Waals surface area contributed by atoms with E-state index in [-0.39, 0.29) is 12.2 Å². The summed E-state index contributed by atoms with van der Waals surface area (Å²) in [5, 5.41) is 0. The van der Waals surface area contributed by atoms with E-state index in [9.17, 15) is 14.4 Å². The summed E-state index contributed by atoms with van der Waals surface area (Å²) in [4.78, 5) is 45.8. The van der Waals surface area contributed by atoms with Gasteiger partial charge >= 0.3 is 5.69 Å². The van der Waals surface area contributed by atoms with Crippen LogP contribution < -0.4 is 11.2 Å². The maximum absolute atomic E-state index is 12.6. The topological polar surface area (TPSA) is 112 Å². The molecule has 0 radical (unpaired) electrons. The van der Waals surface area contributed by atoms with Crippen LogP contribution in [0.2, 0.25) is 0 Å². The number of nitrogens with zero attached hydrogens (tertiary/aromatic N) is 2. The Morgan fingerprint density at radius 2 is 2.00 bits per heavy atom. The number of H-pyrrole nitrogens is 2. The minimum Gasteiger partial charge on any atom is -0.445 e. The molecule has 1 aliphatic heterocycles. The van der Waals surface area contributed by atoms with Gasteiger partial charge in [-0.25, -0.2) is 9.78 Å². The lowest BCUT2D eigenvalue weighted by Gasteiger charge is -2.24. The number of amides is 1. The quantitative estimate of drug-likeness (QED) is 0.725. The number of hydrogen-bond acceptors (Lipinski definition) is 5. The first-order chi connectivity index (χ1) is 12.6. The maximum Gasteiger partial charge on any atom is 0.326 e. The number of hydrogen-bond donors (Lipinski definition) is 2. The van der Waals surface area contributed by atoms with E-state index in [1.54, 1.807) is 4.90 Å². The zero-order valence-corrected chi connectivity index (χ0v) is 13.8. The second-order valence-electron chi connectivity index (χ2n) is 6.12. The molecule has 4 rings (SSSR count). The number of fused-ring (bicyclic) bond motifs is 1. The molecule has 0 fully saturated rings. The van der Waals surface area contributed by atoms with Crippen LogP contribution in [0.15, 0.2) is 50.4 Å². The van der Waals surface area contributed by atoms with Crippen molar-refractivity contribution in [1.82, 2.24) is 19.9 Å². The van der Waals surface area contributed by atoms with Crippen LogP contribution in [0.1, 0.15) is 33.4 Å². The molecule has 132 valence electrons. The summed E-state index contributed by atoms with van der Waals surface area (Å²) < 4.78 is 5.82. The Bertz CT molecular complexity index is 1040. The molecule has 8 nitrogen and oxygen atoms in total. The van der Waals surface area contributed by atoms with Gasteiger partial charge in [0, 0.05) is 25.5 Å². The average molecular weight is 352 g/mol. The van der Waals surface area contributed by atoms with Crippen molar-refractivity contribution in [2.24, 2.45) is 0 Å². The number of oxazole rings is 1. The SMILES string of the molecule is O=C(c1cc(=O)[nH]c(=O)[nH]1)N1CCc2oc(Cc3ccccc3)nc2C1. The van der Waals surface area contributed by atoms with Gasteiger partial charge in [0.05, 0.1) is 6.54 Å². The van der Waals surface area contributed by atoms with E-state index in [0.717, 1.165) is 17.4 Å². The number of rotatable bonds is 3. The first-order valence-electron chi connectivity index (χ1n) is 8.23. The van der Waals surface area contributed by atoms with Crippen LogP contribution in [0.4, 0.5) is 0 Å². The lowest BCUT2D eigenvalue weighted by Crippen LogP contribution is -2.38. The van der Waals surface area contributed by atoms with E-state index >= 15 is 0 Å². The molecule has 0 saturated carbocycles. The van der Waals surface area contributed by atoms with Crippen molar-refractivity contribution in [2.45, 2.75) is 19.4 Å². The second kappa shape index (κ2) is 6.47. The van der Waals surface area contributed by atoms with E-state index in [2.05, 4.69) is 9.97 Å². The van der Waals surface area contributed by atoms with E-state index in [1.165, 1.54) is 0 Å². The van der Waals surface area contributed by atoms with Gasteiger partial charge < -0.3 is 14.3 Å². The molecule has 0 unspecified atom stereocenters. The fraction of sp³-hybridized carbons (Fsp3) is 0.222. The highest BCUT2D eigenvalue weighted by Gasteiger charge is 2.26. The normalized spacial score (nSPS) is 13.5. The summed E-state index contributed by atoms with van der Waals surface area (Å²) in [7, 11) is 0. The highest BCUT2D eigenvalue weighted by Crippen LogP contribution is 2.22. The lowest BCUT2D eigenvalue weighted by atomic mass is 10.1. The van der Waals surface area contributed by atoms with Gasteiger partial charge in [-0.05, 0) is 5.56 Å². The van der Waals surface area contributed by atoms with Crippen molar-refractivity contribution < 1.29 is 9.21 Å². The molecule has 0 aliphatic carbocycles. The highest BCUT2D eigenvalue weighted by molar-refractivity contribution is 5.92. The molecular weight excluding hydrogens is 336 g/mol. The summed E-state index contributed by atoms with van der Waals surface area (Å²) >= 11 is 0. The molecule has 1 aliphatic rings. The molecule has 0 atom stereocenters. The number of nitrogens with one attached hydrogen (secondary N) is 2. The highest BCUT2D eigenvalue weighted by atomic mass is 16.4. The number of carbonyl (C=O) groups excluding carboxylic acids is 1. The van der Waals surface area contributed by atoms with Gasteiger partial charge in [-0.15, -0.1) is 0 Å². The largest absolute Gasteiger partial charge is 0.445 e. The third-order valence-electron chi connectivity index (χ3n) is 4.25. The van der Waals surface area contributed by atoms with Crippen molar-refractivity contribution in [3.8, 4) is 0 Å². The molecule has 1 aromatic carbocycles. The zero-order valence-electron chi connectivity index (χ0n) is 13.8. The molecular formula is C18H16N4O4. The van der Waals surface area contributed by atoms with Crippen LogP contribution >= 0.6 is 0 Å². The molecule has 26 heavy (non-hydrogen) atoms. The van der Waals surface area contributed by atoms with Gasteiger partial charge in [0.1, 0.15) is 17.1 Å². The standard InChI is InChI=1S/C18H16N4O4/c23-15-9-12(20-18(25)21-15)17(24)22-7-6-14-13(10-22)19-16(26-14)8-11-4-2-1-3-5-11/h1-5,9H,6-8,10H2,(H2,20,21,23,25). The van der Waals surface area contributed by atoms with Gasteiger partial charge in [0.25, 0.3) is 11.5 Å². The Hall–Kier alpha value is -3.42. The lowest BCUT2D eigenvalue weighted by molar-refractivity contribution is 0.0721. The summed E-state index contributed by atoms with van der Waals surface area (Å²) in [6.45, 7) is 0.710. The Morgan fingerprint density at radius 1 is 1.19 bits per heavy atom. The van der Waals surface area contributed by atoms with Crippen LogP contribution in [0.25, 0.3) is 0 Å². The molecule has 0 bridgehead atoms. The predicted molar refractivity (Wildman–Crippen MR) is 91.9 cm³/mol. The summed E-state index contributed by atoms with van der Waals surface area (Å²) in [6, 6.07) is 11.0. The summed E-state index contributed by atoms with van der Waals surface area (Å²) in [6.07, 6.45) is 1.12. The number of aromatic amines is 2. The van der Waals surface area contributed by atoms with E-state index in [0.29, 0.717) is 31.0 Å². The first kappa shape index (κ1) is 16.1. The summed E-state index contributed by atoms with van der Waals surface area (Å²) in [5.41, 5.74) is 0.463. The van der Waals surface area contributed by atoms with Gasteiger partial charge in [-0.1, -0.05) is 30.3 Å². The Labute approximate surface area is 147 Å². The summed E-state index contributed by atoms with van der Waals surface area (Å²) in [5.74, 6) is 0.978.